The van der Waals surface area contributed by atoms with Crippen LogP contribution in [0.5, 0.6) is 11.5 Å². The molecular weight excluding hydrogens is 368 g/mol. The predicted octanol–water partition coefficient (Wildman–Crippen LogP) is 4.71. The Kier molecular flexibility index (Phi) is 3.87. The number of oxazole rings is 1. The molecule has 138 valence electrons. The molecule has 27 heavy (non-hydrogen) atoms. The van der Waals surface area contributed by atoms with Crippen LogP contribution in [0.25, 0.3) is 0 Å². The van der Waals surface area contributed by atoms with Crippen molar-refractivity contribution in [1.29, 1.82) is 0 Å². The van der Waals surface area contributed by atoms with E-state index in [1.165, 1.54) is 12.1 Å². The zero-order valence-corrected chi connectivity index (χ0v) is 13.4. The van der Waals surface area contributed by atoms with Crippen molar-refractivity contribution in [1.82, 2.24) is 4.98 Å². The van der Waals surface area contributed by atoms with E-state index in [1.807, 2.05) is 0 Å². The van der Waals surface area contributed by atoms with E-state index >= 15 is 0 Å². The summed E-state index contributed by atoms with van der Waals surface area (Å²) < 4.78 is 62.0. The minimum absolute atomic E-state index is 0.244. The molecule has 2 heterocycles. The molecule has 1 N–H and O–H groups in total. The molecule has 9 heteroatoms. The van der Waals surface area contributed by atoms with Crippen LogP contribution in [0.3, 0.4) is 0 Å². The number of rotatable bonds is 2. The van der Waals surface area contributed by atoms with Gasteiger partial charge in [0.25, 0.3) is 0 Å². The van der Waals surface area contributed by atoms with Gasteiger partial charge in [0.15, 0.2) is 5.69 Å². The van der Waals surface area contributed by atoms with Crippen LogP contribution in [0.1, 0.15) is 22.7 Å². The number of fused-ring (bicyclic) bond motifs is 2. The number of amides is 1. The predicted molar refractivity (Wildman–Crippen MR) is 84.9 cm³/mol. The second-order valence-electron chi connectivity index (χ2n) is 5.78. The van der Waals surface area contributed by atoms with Gasteiger partial charge in [-0.05, 0) is 24.3 Å². The molecule has 3 aromatic rings. The van der Waals surface area contributed by atoms with E-state index in [4.69, 9.17) is 4.74 Å². The van der Waals surface area contributed by atoms with E-state index in [0.717, 1.165) is 6.07 Å². The average Bonchev–Trinajstić information content (AvgIpc) is 3.08. The number of benzene rings is 2. The van der Waals surface area contributed by atoms with E-state index in [2.05, 4.69) is 14.7 Å². The Balaban J connectivity index is 1.71. The average molecular weight is 378 g/mol. The van der Waals surface area contributed by atoms with E-state index in [0.29, 0.717) is 17.6 Å². The fraction of sp³-hybridized carbons (Fsp3) is 0.111. The maximum atomic E-state index is 13.7. The van der Waals surface area contributed by atoms with Crippen molar-refractivity contribution in [3.05, 3.63) is 71.4 Å². The minimum Gasteiger partial charge on any atom is -0.457 e. The molecule has 0 saturated heterocycles. The lowest BCUT2D eigenvalue weighted by Gasteiger charge is -2.27. The van der Waals surface area contributed by atoms with Crippen molar-refractivity contribution in [2.45, 2.75) is 12.1 Å². The van der Waals surface area contributed by atoms with E-state index in [9.17, 15) is 22.4 Å². The van der Waals surface area contributed by atoms with Crippen LogP contribution in [-0.4, -0.2) is 10.9 Å². The second kappa shape index (κ2) is 6.11. The van der Waals surface area contributed by atoms with Crippen molar-refractivity contribution in [2.75, 3.05) is 5.32 Å². The summed E-state index contributed by atoms with van der Waals surface area (Å²) in [6.45, 7) is 0. The third-order valence-corrected chi connectivity index (χ3v) is 4.02. The highest BCUT2D eigenvalue weighted by molar-refractivity contribution is 5.98. The maximum Gasteiger partial charge on any atom is 0.436 e. The van der Waals surface area contributed by atoms with Gasteiger partial charge in [0.05, 0.1) is 5.92 Å². The molecule has 0 spiro atoms. The molecule has 1 atom stereocenters. The third-order valence-electron chi connectivity index (χ3n) is 4.02. The molecule has 0 bridgehead atoms. The molecule has 4 rings (SSSR count). The Bertz CT molecular complexity index is 1030. The summed E-state index contributed by atoms with van der Waals surface area (Å²) in [7, 11) is 0. The Morgan fingerprint density at radius 1 is 1.07 bits per heavy atom. The highest BCUT2D eigenvalue weighted by Gasteiger charge is 2.37. The van der Waals surface area contributed by atoms with Crippen LogP contribution in [0.2, 0.25) is 0 Å². The topological polar surface area (TPSA) is 64.4 Å². The Hall–Kier alpha value is -3.36. The van der Waals surface area contributed by atoms with Gasteiger partial charge in [0.1, 0.15) is 23.6 Å². The number of ether oxygens (including phenoxy) is 1. The summed E-state index contributed by atoms with van der Waals surface area (Å²) in [6.07, 6.45) is -4.30. The molecule has 1 aromatic heterocycles. The van der Waals surface area contributed by atoms with Crippen molar-refractivity contribution < 1.29 is 31.5 Å². The number of carbonyl (C=O) groups excluding carboxylic acids is 1. The molecule has 2 aromatic carbocycles. The van der Waals surface area contributed by atoms with Gasteiger partial charge in [-0.3, -0.25) is 10.1 Å². The highest BCUT2D eigenvalue weighted by Crippen LogP contribution is 2.44. The number of hydrogen-bond acceptors (Lipinski definition) is 4. The van der Waals surface area contributed by atoms with Crippen LogP contribution in [0.15, 0.2) is 53.1 Å². The molecule has 1 amide bonds. The van der Waals surface area contributed by atoms with Crippen molar-refractivity contribution in [3.63, 3.8) is 0 Å². The van der Waals surface area contributed by atoms with Gasteiger partial charge in [-0.2, -0.15) is 18.2 Å². The largest absolute Gasteiger partial charge is 0.457 e. The van der Waals surface area contributed by atoms with Gasteiger partial charge >= 0.3 is 12.2 Å². The quantitative estimate of drug-likeness (QED) is 0.656. The van der Waals surface area contributed by atoms with Crippen LogP contribution in [0, 0.1) is 5.82 Å². The fourth-order valence-corrected chi connectivity index (χ4v) is 2.86. The Morgan fingerprint density at radius 3 is 2.56 bits per heavy atom. The zero-order valence-electron chi connectivity index (χ0n) is 13.4. The molecule has 0 saturated carbocycles. The number of aromatic nitrogens is 1. The van der Waals surface area contributed by atoms with Crippen molar-refractivity contribution in [2.24, 2.45) is 0 Å². The van der Waals surface area contributed by atoms with Gasteiger partial charge in [-0.1, -0.05) is 18.2 Å². The standard InChI is InChI=1S/C18H10F4N2O3/c19-9-5-6-13-11(7-9)15(10-3-1-2-4-12(10)27-13)16(25)24-17-23-14(8-26-17)18(20,21)22/h1-8,15H,(H,23,24,25). The summed E-state index contributed by atoms with van der Waals surface area (Å²) in [6, 6.07) is 9.73. The van der Waals surface area contributed by atoms with Gasteiger partial charge in [-0.25, -0.2) is 4.39 Å². The third kappa shape index (κ3) is 3.12. The number of anilines is 1. The van der Waals surface area contributed by atoms with E-state index < -0.39 is 35.5 Å². The van der Waals surface area contributed by atoms with Crippen LogP contribution < -0.4 is 10.1 Å². The molecule has 0 radical (unpaired) electrons. The van der Waals surface area contributed by atoms with Gasteiger partial charge in [-0.15, -0.1) is 0 Å². The number of para-hydroxylation sites is 1. The first kappa shape index (κ1) is 17.1. The SMILES string of the molecule is O=C(Nc1nc(C(F)(F)F)co1)C1c2ccccc2Oc2ccc(F)cc21. The van der Waals surface area contributed by atoms with Crippen LogP contribution in [0.4, 0.5) is 23.6 Å². The summed E-state index contributed by atoms with van der Waals surface area (Å²) in [5.74, 6) is -1.65. The first-order chi connectivity index (χ1) is 12.8. The summed E-state index contributed by atoms with van der Waals surface area (Å²) in [5, 5.41) is 2.21. The molecule has 1 aliphatic rings. The zero-order chi connectivity index (χ0) is 19.2. The molecule has 1 aliphatic heterocycles. The lowest BCUT2D eigenvalue weighted by Crippen LogP contribution is -2.25. The fourth-order valence-electron chi connectivity index (χ4n) is 2.86. The summed E-state index contributed by atoms with van der Waals surface area (Å²) >= 11 is 0. The number of hydrogen-bond donors (Lipinski definition) is 1. The molecule has 0 aliphatic carbocycles. The normalized spacial score (nSPS) is 15.5. The second-order valence-corrected chi connectivity index (χ2v) is 5.78. The molecular formula is C18H10F4N2O3. The summed E-state index contributed by atoms with van der Waals surface area (Å²) in [5.41, 5.74) is -0.582. The number of nitrogens with zero attached hydrogens (tertiary/aromatic N) is 1. The van der Waals surface area contributed by atoms with Crippen LogP contribution >= 0.6 is 0 Å². The maximum absolute atomic E-state index is 13.7. The van der Waals surface area contributed by atoms with Crippen molar-refractivity contribution >= 4 is 11.9 Å². The number of alkyl halides is 3. The number of halogens is 4. The van der Waals surface area contributed by atoms with Gasteiger partial charge in [0, 0.05) is 11.1 Å². The van der Waals surface area contributed by atoms with Crippen LogP contribution in [-0.2, 0) is 11.0 Å². The van der Waals surface area contributed by atoms with Gasteiger partial charge < -0.3 is 9.15 Å². The first-order valence-corrected chi connectivity index (χ1v) is 7.73. The van der Waals surface area contributed by atoms with Crippen molar-refractivity contribution in [3.8, 4) is 11.5 Å². The lowest BCUT2D eigenvalue weighted by atomic mass is 9.87. The van der Waals surface area contributed by atoms with Gasteiger partial charge in [0.2, 0.25) is 5.91 Å². The minimum atomic E-state index is -4.70. The number of carbonyl (C=O) groups is 1. The molecule has 5 nitrogen and oxygen atoms in total. The van der Waals surface area contributed by atoms with E-state index in [1.54, 1.807) is 24.3 Å². The Morgan fingerprint density at radius 2 is 1.81 bits per heavy atom. The Labute approximate surface area is 149 Å². The van der Waals surface area contributed by atoms with E-state index in [-0.39, 0.29) is 11.3 Å². The lowest BCUT2D eigenvalue weighted by molar-refractivity contribution is -0.141. The monoisotopic (exact) mass is 378 g/mol. The molecule has 1 unspecified atom stereocenters. The summed E-state index contributed by atoms with van der Waals surface area (Å²) in [4.78, 5) is 16.0. The highest BCUT2D eigenvalue weighted by atomic mass is 19.4. The molecule has 0 fully saturated rings. The number of nitrogens with one attached hydrogen (secondary N) is 1. The smallest absolute Gasteiger partial charge is 0.436 e. The first-order valence-electron chi connectivity index (χ1n) is 7.73.